The highest BCUT2D eigenvalue weighted by atomic mass is 35.5. The van der Waals surface area contributed by atoms with E-state index in [0.29, 0.717) is 22.2 Å². The number of carbonyl (C=O) groups is 1. The standard InChI is InChI=1S/C11H14ClNO2S/c1-8-2-3-10(9(12)6-8)13-11(15)7-16-5-4-14/h2-3,6,14H,4-5,7H2,1H3,(H,13,15). The highest BCUT2D eigenvalue weighted by molar-refractivity contribution is 7.99. The van der Waals surface area contributed by atoms with E-state index in [1.807, 2.05) is 13.0 Å². The van der Waals surface area contributed by atoms with Crippen LogP contribution in [0.25, 0.3) is 0 Å². The molecule has 0 spiro atoms. The number of nitrogens with one attached hydrogen (secondary N) is 1. The molecule has 0 saturated heterocycles. The molecular formula is C11H14ClNO2S. The number of rotatable bonds is 5. The molecule has 1 aromatic carbocycles. The third-order valence-electron chi connectivity index (χ3n) is 1.87. The smallest absolute Gasteiger partial charge is 0.234 e. The fourth-order valence-electron chi connectivity index (χ4n) is 1.14. The fraction of sp³-hybridized carbons (Fsp3) is 0.364. The van der Waals surface area contributed by atoms with Gasteiger partial charge in [-0.15, -0.1) is 11.8 Å². The molecule has 0 radical (unpaired) electrons. The minimum absolute atomic E-state index is 0.0865. The number of hydrogen-bond donors (Lipinski definition) is 2. The lowest BCUT2D eigenvalue weighted by atomic mass is 10.2. The van der Waals surface area contributed by atoms with Gasteiger partial charge in [-0.25, -0.2) is 0 Å². The Hall–Kier alpha value is -0.710. The molecule has 0 saturated carbocycles. The molecule has 1 aromatic rings. The van der Waals surface area contributed by atoms with Crippen molar-refractivity contribution < 1.29 is 9.90 Å². The van der Waals surface area contributed by atoms with Crippen molar-refractivity contribution in [2.45, 2.75) is 6.92 Å². The van der Waals surface area contributed by atoms with E-state index < -0.39 is 0 Å². The van der Waals surface area contributed by atoms with E-state index in [0.717, 1.165) is 5.56 Å². The van der Waals surface area contributed by atoms with E-state index in [2.05, 4.69) is 5.32 Å². The molecule has 0 bridgehead atoms. The summed E-state index contributed by atoms with van der Waals surface area (Å²) < 4.78 is 0. The average molecular weight is 260 g/mol. The van der Waals surface area contributed by atoms with Gasteiger partial charge in [0.15, 0.2) is 0 Å². The zero-order chi connectivity index (χ0) is 12.0. The van der Waals surface area contributed by atoms with Gasteiger partial charge in [0, 0.05) is 5.75 Å². The van der Waals surface area contributed by atoms with E-state index in [-0.39, 0.29) is 12.5 Å². The highest BCUT2D eigenvalue weighted by Crippen LogP contribution is 2.22. The molecule has 3 nitrogen and oxygen atoms in total. The third-order valence-corrected chi connectivity index (χ3v) is 3.12. The maximum atomic E-state index is 11.5. The zero-order valence-corrected chi connectivity index (χ0v) is 10.6. The Kier molecular flexibility index (Phi) is 5.66. The van der Waals surface area contributed by atoms with E-state index >= 15 is 0 Å². The Labute approximate surface area is 104 Å². The molecule has 88 valence electrons. The van der Waals surface area contributed by atoms with Crippen molar-refractivity contribution >= 4 is 35.0 Å². The topological polar surface area (TPSA) is 49.3 Å². The van der Waals surface area contributed by atoms with Gasteiger partial charge in [0.25, 0.3) is 0 Å². The normalized spacial score (nSPS) is 10.2. The average Bonchev–Trinajstić information content (AvgIpc) is 2.23. The summed E-state index contributed by atoms with van der Waals surface area (Å²) in [6.07, 6.45) is 0. The summed E-state index contributed by atoms with van der Waals surface area (Å²) in [5, 5.41) is 11.8. The number of thioether (sulfide) groups is 1. The third kappa shape index (κ3) is 4.43. The second-order valence-electron chi connectivity index (χ2n) is 3.31. The van der Waals surface area contributed by atoms with Gasteiger partial charge < -0.3 is 10.4 Å². The van der Waals surface area contributed by atoms with Gasteiger partial charge >= 0.3 is 0 Å². The van der Waals surface area contributed by atoms with Gasteiger partial charge in [-0.05, 0) is 24.6 Å². The van der Waals surface area contributed by atoms with E-state index in [1.165, 1.54) is 11.8 Å². The predicted molar refractivity (Wildman–Crippen MR) is 69.2 cm³/mol. The summed E-state index contributed by atoms with van der Waals surface area (Å²) >= 11 is 7.36. The van der Waals surface area contributed by atoms with E-state index in [4.69, 9.17) is 16.7 Å². The van der Waals surface area contributed by atoms with Crippen LogP contribution in [0.15, 0.2) is 18.2 Å². The molecule has 0 unspecified atom stereocenters. The lowest BCUT2D eigenvalue weighted by molar-refractivity contribution is -0.113. The first-order valence-electron chi connectivity index (χ1n) is 4.88. The number of anilines is 1. The zero-order valence-electron chi connectivity index (χ0n) is 9.00. The quantitative estimate of drug-likeness (QED) is 0.798. The molecule has 0 heterocycles. The first-order chi connectivity index (χ1) is 7.63. The number of halogens is 1. The Morgan fingerprint density at radius 3 is 2.94 bits per heavy atom. The van der Waals surface area contributed by atoms with Crippen LogP contribution in [0.4, 0.5) is 5.69 Å². The van der Waals surface area contributed by atoms with Crippen LogP contribution in [0.2, 0.25) is 5.02 Å². The SMILES string of the molecule is Cc1ccc(NC(=O)CSCCO)c(Cl)c1. The van der Waals surface area contributed by atoms with Crippen molar-refractivity contribution in [2.24, 2.45) is 0 Å². The Morgan fingerprint density at radius 1 is 1.56 bits per heavy atom. The van der Waals surface area contributed by atoms with Crippen LogP contribution in [0.3, 0.4) is 0 Å². The highest BCUT2D eigenvalue weighted by Gasteiger charge is 2.05. The molecule has 1 amide bonds. The van der Waals surface area contributed by atoms with Crippen molar-refractivity contribution in [1.29, 1.82) is 0 Å². The second-order valence-corrected chi connectivity index (χ2v) is 4.82. The first-order valence-corrected chi connectivity index (χ1v) is 6.41. The fourth-order valence-corrected chi connectivity index (χ4v) is 1.95. The van der Waals surface area contributed by atoms with Gasteiger partial charge in [0.2, 0.25) is 5.91 Å². The predicted octanol–water partition coefficient (Wildman–Crippen LogP) is 2.31. The number of aliphatic hydroxyl groups is 1. The van der Waals surface area contributed by atoms with Gasteiger partial charge in [-0.3, -0.25) is 4.79 Å². The molecule has 0 aliphatic heterocycles. The number of carbonyl (C=O) groups excluding carboxylic acids is 1. The summed E-state index contributed by atoms with van der Waals surface area (Å²) in [5.41, 5.74) is 1.68. The maximum Gasteiger partial charge on any atom is 0.234 e. The van der Waals surface area contributed by atoms with Crippen LogP contribution >= 0.6 is 23.4 Å². The van der Waals surface area contributed by atoms with Gasteiger partial charge in [0.1, 0.15) is 0 Å². The largest absolute Gasteiger partial charge is 0.396 e. The number of aryl methyl sites for hydroxylation is 1. The molecule has 0 aliphatic rings. The minimum Gasteiger partial charge on any atom is -0.396 e. The lowest BCUT2D eigenvalue weighted by Gasteiger charge is -2.07. The van der Waals surface area contributed by atoms with Crippen molar-refractivity contribution in [2.75, 3.05) is 23.4 Å². The molecule has 5 heteroatoms. The van der Waals surface area contributed by atoms with Gasteiger partial charge in [-0.1, -0.05) is 17.7 Å². The van der Waals surface area contributed by atoms with Crippen LogP contribution in [-0.2, 0) is 4.79 Å². The molecule has 0 fully saturated rings. The maximum absolute atomic E-state index is 11.5. The van der Waals surface area contributed by atoms with Crippen LogP contribution in [0, 0.1) is 6.92 Å². The molecule has 0 aliphatic carbocycles. The Bertz CT molecular complexity index is 371. The van der Waals surface area contributed by atoms with Crippen LogP contribution in [0.5, 0.6) is 0 Å². The van der Waals surface area contributed by atoms with Crippen molar-refractivity contribution in [3.8, 4) is 0 Å². The molecule has 2 N–H and O–H groups in total. The van der Waals surface area contributed by atoms with Gasteiger partial charge in [-0.2, -0.15) is 0 Å². The number of hydrogen-bond acceptors (Lipinski definition) is 3. The monoisotopic (exact) mass is 259 g/mol. The summed E-state index contributed by atoms with van der Waals surface area (Å²) in [7, 11) is 0. The number of benzene rings is 1. The number of aliphatic hydroxyl groups excluding tert-OH is 1. The summed E-state index contributed by atoms with van der Waals surface area (Å²) in [4.78, 5) is 11.5. The number of amides is 1. The lowest BCUT2D eigenvalue weighted by Crippen LogP contribution is -2.15. The van der Waals surface area contributed by atoms with Crippen molar-refractivity contribution in [3.63, 3.8) is 0 Å². The minimum atomic E-state index is -0.107. The molecule has 1 rings (SSSR count). The summed E-state index contributed by atoms with van der Waals surface area (Å²) in [6.45, 7) is 2.03. The summed E-state index contributed by atoms with van der Waals surface area (Å²) in [6, 6.07) is 5.48. The molecule has 16 heavy (non-hydrogen) atoms. The van der Waals surface area contributed by atoms with Crippen LogP contribution < -0.4 is 5.32 Å². The van der Waals surface area contributed by atoms with Crippen LogP contribution in [0.1, 0.15) is 5.56 Å². The Balaban J connectivity index is 2.49. The van der Waals surface area contributed by atoms with Crippen molar-refractivity contribution in [1.82, 2.24) is 0 Å². The van der Waals surface area contributed by atoms with E-state index in [9.17, 15) is 4.79 Å². The molecule has 0 atom stereocenters. The summed E-state index contributed by atoms with van der Waals surface area (Å²) in [5.74, 6) is 0.781. The molecular weight excluding hydrogens is 246 g/mol. The van der Waals surface area contributed by atoms with Crippen LogP contribution in [-0.4, -0.2) is 29.1 Å². The molecule has 0 aromatic heterocycles. The first kappa shape index (κ1) is 13.4. The Morgan fingerprint density at radius 2 is 2.31 bits per heavy atom. The van der Waals surface area contributed by atoms with Crippen molar-refractivity contribution in [3.05, 3.63) is 28.8 Å². The van der Waals surface area contributed by atoms with E-state index in [1.54, 1.807) is 12.1 Å². The second kappa shape index (κ2) is 6.78. The van der Waals surface area contributed by atoms with Gasteiger partial charge in [0.05, 0.1) is 23.1 Å².